The van der Waals surface area contributed by atoms with Gasteiger partial charge in [-0.15, -0.1) is 5.10 Å². The first-order valence-corrected chi connectivity index (χ1v) is 12.4. The Kier molecular flexibility index (Phi) is 8.46. The standard InChI is InChI=1S/C25H23ClF3N9O4/c1-13-8-14(2)20(16(9-13)22(39)34-36(3)24(41)42-4)31-23(40)18-10-15(11-37-12-19(32-35-37)25(27,28)29)33-38(18)21-17(26)6-5-7-30-21/h5-10,12H,11H2,1-4H3,(H,31,40)(H,34,39). The van der Waals surface area contributed by atoms with E-state index in [1.165, 1.54) is 31.4 Å². The Hall–Kier alpha value is -4.99. The molecule has 0 saturated heterocycles. The molecule has 0 aliphatic heterocycles. The number of benzene rings is 1. The van der Waals surface area contributed by atoms with Crippen LogP contribution in [0.4, 0.5) is 23.7 Å². The minimum Gasteiger partial charge on any atom is -0.452 e. The number of halogens is 4. The Bertz CT molecular complexity index is 1670. The molecule has 3 aromatic heterocycles. The molecule has 17 heteroatoms. The van der Waals surface area contributed by atoms with E-state index < -0.39 is 29.8 Å². The minimum atomic E-state index is -4.69. The van der Waals surface area contributed by atoms with Gasteiger partial charge in [-0.25, -0.2) is 24.2 Å². The van der Waals surface area contributed by atoms with Crippen LogP contribution in [0.5, 0.6) is 0 Å². The van der Waals surface area contributed by atoms with Crippen molar-refractivity contribution in [2.75, 3.05) is 19.5 Å². The highest BCUT2D eigenvalue weighted by molar-refractivity contribution is 6.32. The Morgan fingerprint density at radius 1 is 1.14 bits per heavy atom. The van der Waals surface area contributed by atoms with E-state index in [1.54, 1.807) is 26.0 Å². The molecule has 3 amide bonds. The van der Waals surface area contributed by atoms with Gasteiger partial charge in [0.1, 0.15) is 5.69 Å². The number of pyridine rings is 1. The largest absolute Gasteiger partial charge is 0.452 e. The number of carbonyl (C=O) groups excluding carboxylic acids is 3. The molecule has 4 rings (SSSR count). The average Bonchev–Trinajstić information content (AvgIpc) is 3.57. The number of nitrogens with one attached hydrogen (secondary N) is 2. The lowest BCUT2D eigenvalue weighted by molar-refractivity contribution is -0.141. The number of aryl methyl sites for hydroxylation is 2. The van der Waals surface area contributed by atoms with Gasteiger partial charge in [0.05, 0.1) is 41.8 Å². The highest BCUT2D eigenvalue weighted by Crippen LogP contribution is 2.28. The van der Waals surface area contributed by atoms with Gasteiger partial charge in [0.25, 0.3) is 11.8 Å². The number of nitrogens with zero attached hydrogens (tertiary/aromatic N) is 7. The van der Waals surface area contributed by atoms with E-state index in [-0.39, 0.29) is 40.0 Å². The Morgan fingerprint density at radius 2 is 1.88 bits per heavy atom. The van der Waals surface area contributed by atoms with E-state index in [2.05, 4.69) is 35.9 Å². The van der Waals surface area contributed by atoms with Crippen LogP contribution < -0.4 is 10.7 Å². The molecule has 0 radical (unpaired) electrons. The minimum absolute atomic E-state index is 0.0426. The van der Waals surface area contributed by atoms with Crippen LogP contribution in [0.25, 0.3) is 5.82 Å². The van der Waals surface area contributed by atoms with E-state index in [1.807, 2.05) is 0 Å². The molecule has 4 aromatic rings. The summed E-state index contributed by atoms with van der Waals surface area (Å²) >= 11 is 6.31. The molecule has 0 atom stereocenters. The Balaban J connectivity index is 1.72. The molecule has 0 saturated carbocycles. The number of hydrogen-bond donors (Lipinski definition) is 2. The molecular formula is C25H23ClF3N9O4. The Labute approximate surface area is 241 Å². The van der Waals surface area contributed by atoms with Gasteiger partial charge in [-0.1, -0.05) is 22.9 Å². The van der Waals surface area contributed by atoms with Crippen LogP contribution in [-0.2, 0) is 17.5 Å². The van der Waals surface area contributed by atoms with E-state index in [9.17, 15) is 27.6 Å². The van der Waals surface area contributed by atoms with Crippen LogP contribution in [0, 0.1) is 13.8 Å². The normalized spacial score (nSPS) is 11.2. The second kappa shape index (κ2) is 11.9. The second-order valence-corrected chi connectivity index (χ2v) is 9.38. The number of alkyl halides is 3. The third-order valence-electron chi connectivity index (χ3n) is 5.77. The van der Waals surface area contributed by atoms with Crippen LogP contribution in [0.15, 0.2) is 42.7 Å². The summed E-state index contributed by atoms with van der Waals surface area (Å²) in [5, 5.41) is 14.6. The zero-order valence-corrected chi connectivity index (χ0v) is 23.3. The molecule has 0 aliphatic carbocycles. The number of amides is 3. The van der Waals surface area contributed by atoms with Crippen molar-refractivity contribution in [2.45, 2.75) is 26.6 Å². The lowest BCUT2D eigenvalue weighted by atomic mass is 10.0. The van der Waals surface area contributed by atoms with E-state index >= 15 is 0 Å². The first-order chi connectivity index (χ1) is 19.8. The smallest absolute Gasteiger partial charge is 0.436 e. The number of rotatable bonds is 6. The van der Waals surface area contributed by atoms with E-state index in [0.717, 1.165) is 21.5 Å². The van der Waals surface area contributed by atoms with Gasteiger partial charge in [0, 0.05) is 13.2 Å². The number of hydrogen-bond acceptors (Lipinski definition) is 8. The fourth-order valence-corrected chi connectivity index (χ4v) is 4.12. The van der Waals surface area contributed by atoms with Crippen molar-refractivity contribution in [3.63, 3.8) is 0 Å². The molecule has 0 fully saturated rings. The van der Waals surface area contributed by atoms with Crippen LogP contribution in [-0.4, -0.2) is 66.8 Å². The van der Waals surface area contributed by atoms with E-state index in [0.29, 0.717) is 17.3 Å². The van der Waals surface area contributed by atoms with Gasteiger partial charge in [-0.3, -0.25) is 15.0 Å². The van der Waals surface area contributed by atoms with Crippen molar-refractivity contribution < 1.29 is 32.3 Å². The predicted molar refractivity (Wildman–Crippen MR) is 142 cm³/mol. The Morgan fingerprint density at radius 3 is 2.52 bits per heavy atom. The maximum Gasteiger partial charge on any atom is 0.436 e. The first-order valence-electron chi connectivity index (χ1n) is 12.0. The zero-order valence-electron chi connectivity index (χ0n) is 22.5. The van der Waals surface area contributed by atoms with Gasteiger partial charge in [-0.2, -0.15) is 18.3 Å². The predicted octanol–water partition coefficient (Wildman–Crippen LogP) is 3.79. The number of hydrazine groups is 1. The number of anilines is 1. The molecule has 13 nitrogen and oxygen atoms in total. The highest BCUT2D eigenvalue weighted by atomic mass is 35.5. The highest BCUT2D eigenvalue weighted by Gasteiger charge is 2.34. The van der Waals surface area contributed by atoms with Crippen LogP contribution in [0.1, 0.15) is 43.4 Å². The summed E-state index contributed by atoms with van der Waals surface area (Å²) in [7, 11) is 2.44. The zero-order chi connectivity index (χ0) is 30.8. The second-order valence-electron chi connectivity index (χ2n) is 8.97. The maximum absolute atomic E-state index is 13.7. The number of carbonyl (C=O) groups is 3. The summed E-state index contributed by atoms with van der Waals surface area (Å²) in [4.78, 5) is 42.7. The van der Waals surface area contributed by atoms with Crippen LogP contribution in [0.3, 0.4) is 0 Å². The van der Waals surface area contributed by atoms with Crippen molar-refractivity contribution in [3.05, 3.63) is 81.5 Å². The van der Waals surface area contributed by atoms with Gasteiger partial charge >= 0.3 is 12.3 Å². The summed E-state index contributed by atoms with van der Waals surface area (Å²) in [6, 6.07) is 7.66. The number of aromatic nitrogens is 6. The molecule has 0 spiro atoms. The molecule has 2 N–H and O–H groups in total. The van der Waals surface area contributed by atoms with Crippen molar-refractivity contribution in [1.82, 2.24) is 40.2 Å². The molecule has 0 aliphatic rings. The van der Waals surface area contributed by atoms with E-state index in [4.69, 9.17) is 11.6 Å². The van der Waals surface area contributed by atoms with Gasteiger partial charge in [0.15, 0.2) is 11.5 Å². The SMILES string of the molecule is COC(=O)N(C)NC(=O)c1cc(C)cc(C)c1NC(=O)c1cc(Cn2cc(C(F)(F)F)nn2)nn1-c1ncccc1Cl. The lowest BCUT2D eigenvalue weighted by Gasteiger charge is -2.19. The van der Waals surface area contributed by atoms with Crippen molar-refractivity contribution in [2.24, 2.45) is 0 Å². The van der Waals surface area contributed by atoms with Crippen molar-refractivity contribution >= 4 is 35.2 Å². The van der Waals surface area contributed by atoms with Gasteiger partial charge in [0.2, 0.25) is 0 Å². The fraction of sp³-hybridized carbons (Fsp3) is 0.240. The molecular weight excluding hydrogens is 583 g/mol. The van der Waals surface area contributed by atoms with Gasteiger partial charge in [-0.05, 0) is 49.2 Å². The summed E-state index contributed by atoms with van der Waals surface area (Å²) in [6.45, 7) is 3.15. The summed E-state index contributed by atoms with van der Waals surface area (Å²) in [6.07, 6.45) is -3.39. The summed E-state index contributed by atoms with van der Waals surface area (Å²) < 4.78 is 45.6. The molecule has 0 bridgehead atoms. The fourth-order valence-electron chi connectivity index (χ4n) is 3.92. The molecule has 1 aromatic carbocycles. The van der Waals surface area contributed by atoms with Crippen LogP contribution >= 0.6 is 11.6 Å². The van der Waals surface area contributed by atoms with Crippen LogP contribution in [0.2, 0.25) is 5.02 Å². The quantitative estimate of drug-likeness (QED) is 0.315. The lowest BCUT2D eigenvalue weighted by Crippen LogP contribution is -2.43. The third-order valence-corrected chi connectivity index (χ3v) is 6.06. The molecule has 0 unspecified atom stereocenters. The van der Waals surface area contributed by atoms with Gasteiger partial charge < -0.3 is 10.1 Å². The average molecular weight is 606 g/mol. The molecule has 220 valence electrons. The summed E-state index contributed by atoms with van der Waals surface area (Å²) in [5.74, 6) is -1.38. The van der Waals surface area contributed by atoms with Crippen molar-refractivity contribution in [3.8, 4) is 5.82 Å². The molecule has 3 heterocycles. The summed E-state index contributed by atoms with van der Waals surface area (Å²) in [5.41, 5.74) is 2.63. The van der Waals surface area contributed by atoms with Crippen molar-refractivity contribution in [1.29, 1.82) is 0 Å². The number of ether oxygens (including phenoxy) is 1. The monoisotopic (exact) mass is 605 g/mol. The maximum atomic E-state index is 13.7. The third kappa shape index (κ3) is 6.49. The topological polar surface area (TPSA) is 149 Å². The first kappa shape index (κ1) is 30.0. The molecule has 42 heavy (non-hydrogen) atoms. The number of methoxy groups -OCH3 is 1.